The van der Waals surface area contributed by atoms with Crippen LogP contribution in [0.2, 0.25) is 0 Å². The molecule has 2 amide bonds. The lowest BCUT2D eigenvalue weighted by Crippen LogP contribution is -2.25. The third kappa shape index (κ3) is 3.14. The first-order chi connectivity index (χ1) is 10.6. The van der Waals surface area contributed by atoms with E-state index in [1.807, 2.05) is 12.1 Å². The van der Waals surface area contributed by atoms with Gasteiger partial charge < -0.3 is 11.1 Å². The van der Waals surface area contributed by atoms with Gasteiger partial charge in [0.2, 0.25) is 11.8 Å². The molecule has 0 saturated carbocycles. The number of carbonyl (C=O) groups is 2. The number of primary amides is 1. The van der Waals surface area contributed by atoms with Crippen LogP contribution in [0.3, 0.4) is 0 Å². The van der Waals surface area contributed by atoms with Gasteiger partial charge in [-0.05, 0) is 30.9 Å². The number of hydrogen-bond acceptors (Lipinski definition) is 5. The first-order valence-electron chi connectivity index (χ1n) is 7.11. The molecule has 1 aliphatic rings. The summed E-state index contributed by atoms with van der Waals surface area (Å²) in [6, 6.07) is 3.92. The van der Waals surface area contributed by atoms with E-state index in [0.717, 1.165) is 30.5 Å². The van der Waals surface area contributed by atoms with E-state index in [2.05, 4.69) is 15.3 Å². The average Bonchev–Trinajstić information content (AvgIpc) is 2.92. The molecule has 0 aliphatic heterocycles. The van der Waals surface area contributed by atoms with E-state index in [9.17, 15) is 9.59 Å². The van der Waals surface area contributed by atoms with E-state index in [1.54, 1.807) is 11.6 Å². The lowest BCUT2D eigenvalue weighted by Gasteiger charge is -2.22. The van der Waals surface area contributed by atoms with E-state index in [-0.39, 0.29) is 18.2 Å². The van der Waals surface area contributed by atoms with Crippen LogP contribution >= 0.6 is 11.3 Å². The highest BCUT2D eigenvalue weighted by atomic mass is 32.1. The molecule has 7 heteroatoms. The Balaban J connectivity index is 1.73. The van der Waals surface area contributed by atoms with Gasteiger partial charge in [-0.1, -0.05) is 6.07 Å². The van der Waals surface area contributed by atoms with Crippen LogP contribution in [0.15, 0.2) is 23.7 Å². The highest BCUT2D eigenvalue weighted by molar-refractivity contribution is 7.13. The number of pyridine rings is 1. The van der Waals surface area contributed by atoms with E-state index < -0.39 is 5.91 Å². The predicted octanol–water partition coefficient (Wildman–Crippen LogP) is 1.62. The van der Waals surface area contributed by atoms with Crippen LogP contribution in [0.1, 0.15) is 35.7 Å². The van der Waals surface area contributed by atoms with Gasteiger partial charge >= 0.3 is 0 Å². The lowest BCUT2D eigenvalue weighted by atomic mass is 9.86. The molecule has 1 atom stereocenters. The van der Waals surface area contributed by atoms with Gasteiger partial charge in [-0.25, -0.2) is 4.98 Å². The van der Waals surface area contributed by atoms with Crippen LogP contribution in [0.25, 0.3) is 0 Å². The minimum absolute atomic E-state index is 0.0835. The Bertz CT molecular complexity index is 713. The molecule has 0 bridgehead atoms. The van der Waals surface area contributed by atoms with E-state index >= 15 is 0 Å². The van der Waals surface area contributed by atoms with Crippen LogP contribution < -0.4 is 11.1 Å². The second-order valence-corrected chi connectivity index (χ2v) is 6.13. The number of nitrogens with one attached hydrogen (secondary N) is 1. The summed E-state index contributed by atoms with van der Waals surface area (Å²) in [4.78, 5) is 31.9. The van der Waals surface area contributed by atoms with Crippen LogP contribution in [-0.2, 0) is 22.4 Å². The number of fused-ring (bicyclic) bond motifs is 1. The smallest absolute Gasteiger partial charge is 0.235 e. The quantitative estimate of drug-likeness (QED) is 0.895. The Morgan fingerprint density at radius 3 is 3.14 bits per heavy atom. The summed E-state index contributed by atoms with van der Waals surface area (Å²) in [6.45, 7) is 0. The molecule has 2 aromatic rings. The maximum absolute atomic E-state index is 12.5. The number of thiazole rings is 1. The number of amides is 2. The molecular formula is C15H16N4O2S. The minimum atomic E-state index is -0.436. The summed E-state index contributed by atoms with van der Waals surface area (Å²) in [7, 11) is 0. The maximum Gasteiger partial charge on any atom is 0.235 e. The van der Waals surface area contributed by atoms with Crippen molar-refractivity contribution in [2.24, 2.45) is 5.73 Å². The maximum atomic E-state index is 12.5. The van der Waals surface area contributed by atoms with Crippen LogP contribution in [0.5, 0.6) is 0 Å². The predicted molar refractivity (Wildman–Crippen MR) is 83.6 cm³/mol. The molecule has 3 rings (SSSR count). The molecule has 0 fully saturated rings. The number of aryl methyl sites for hydroxylation is 1. The van der Waals surface area contributed by atoms with Crippen LogP contribution in [0, 0.1) is 0 Å². The zero-order valence-corrected chi connectivity index (χ0v) is 12.7. The Labute approximate surface area is 131 Å². The van der Waals surface area contributed by atoms with Gasteiger partial charge in [0.25, 0.3) is 0 Å². The van der Waals surface area contributed by atoms with Crippen molar-refractivity contribution >= 4 is 28.3 Å². The molecule has 0 saturated heterocycles. The van der Waals surface area contributed by atoms with Crippen molar-refractivity contribution in [3.05, 3.63) is 40.7 Å². The fourth-order valence-electron chi connectivity index (χ4n) is 2.68. The Hall–Kier alpha value is -2.28. The molecule has 0 aromatic carbocycles. The SMILES string of the molecule is NC(=O)Cc1csc(NC(=O)C2CCCc3cccnc32)n1. The first kappa shape index (κ1) is 14.6. The number of hydrogen-bond donors (Lipinski definition) is 2. The summed E-state index contributed by atoms with van der Waals surface area (Å²) in [5.74, 6) is -0.776. The molecule has 1 aliphatic carbocycles. The van der Waals surface area contributed by atoms with Crippen molar-refractivity contribution < 1.29 is 9.59 Å². The zero-order valence-electron chi connectivity index (χ0n) is 11.9. The van der Waals surface area contributed by atoms with E-state index in [0.29, 0.717) is 10.8 Å². The lowest BCUT2D eigenvalue weighted by molar-refractivity contribution is -0.118. The Morgan fingerprint density at radius 2 is 2.32 bits per heavy atom. The highest BCUT2D eigenvalue weighted by Gasteiger charge is 2.28. The summed E-state index contributed by atoms with van der Waals surface area (Å²) in [5, 5.41) is 5.04. The number of anilines is 1. The van der Waals surface area contributed by atoms with Gasteiger partial charge in [-0.15, -0.1) is 11.3 Å². The Morgan fingerprint density at radius 1 is 1.45 bits per heavy atom. The standard InChI is InChI=1S/C15H16N4O2S/c16-12(20)7-10-8-22-15(18-10)19-14(21)11-5-1-3-9-4-2-6-17-13(9)11/h2,4,6,8,11H,1,3,5,7H2,(H2,16,20)(H,18,19,21). The van der Waals surface area contributed by atoms with Crippen LogP contribution in [0.4, 0.5) is 5.13 Å². The molecule has 22 heavy (non-hydrogen) atoms. The molecule has 0 radical (unpaired) electrons. The average molecular weight is 316 g/mol. The van der Waals surface area contributed by atoms with Gasteiger partial charge in [-0.3, -0.25) is 14.6 Å². The molecule has 0 spiro atoms. The summed E-state index contributed by atoms with van der Waals surface area (Å²) in [6.07, 6.45) is 4.53. The normalized spacial score (nSPS) is 16.8. The van der Waals surface area contributed by atoms with Crippen molar-refractivity contribution in [1.29, 1.82) is 0 Å². The summed E-state index contributed by atoms with van der Waals surface area (Å²) < 4.78 is 0. The molecule has 114 valence electrons. The third-order valence-corrected chi connectivity index (χ3v) is 4.46. The number of carbonyl (C=O) groups excluding carboxylic acids is 2. The highest BCUT2D eigenvalue weighted by Crippen LogP contribution is 2.31. The summed E-state index contributed by atoms with van der Waals surface area (Å²) >= 11 is 1.29. The summed E-state index contributed by atoms with van der Waals surface area (Å²) in [5.41, 5.74) is 7.72. The topological polar surface area (TPSA) is 98.0 Å². The van der Waals surface area contributed by atoms with Crippen molar-refractivity contribution in [3.8, 4) is 0 Å². The monoisotopic (exact) mass is 316 g/mol. The number of aromatic nitrogens is 2. The van der Waals surface area contributed by atoms with Gasteiger partial charge in [0.15, 0.2) is 5.13 Å². The van der Waals surface area contributed by atoms with Crippen molar-refractivity contribution in [3.63, 3.8) is 0 Å². The second kappa shape index (κ2) is 6.23. The fourth-order valence-corrected chi connectivity index (χ4v) is 3.39. The first-order valence-corrected chi connectivity index (χ1v) is 7.99. The number of rotatable bonds is 4. The molecule has 1 unspecified atom stereocenters. The van der Waals surface area contributed by atoms with E-state index in [1.165, 1.54) is 11.3 Å². The fraction of sp³-hybridized carbons (Fsp3) is 0.333. The Kier molecular flexibility index (Phi) is 4.15. The van der Waals surface area contributed by atoms with E-state index in [4.69, 9.17) is 5.73 Å². The van der Waals surface area contributed by atoms with Crippen LogP contribution in [-0.4, -0.2) is 21.8 Å². The van der Waals surface area contributed by atoms with Crippen molar-refractivity contribution in [2.45, 2.75) is 31.6 Å². The number of nitrogens with zero attached hydrogens (tertiary/aromatic N) is 2. The minimum Gasteiger partial charge on any atom is -0.369 e. The van der Waals surface area contributed by atoms with Gasteiger partial charge in [0, 0.05) is 11.6 Å². The molecule has 3 N–H and O–H groups in total. The molecule has 6 nitrogen and oxygen atoms in total. The second-order valence-electron chi connectivity index (χ2n) is 5.27. The zero-order chi connectivity index (χ0) is 15.5. The van der Waals surface area contributed by atoms with Crippen molar-refractivity contribution in [1.82, 2.24) is 9.97 Å². The van der Waals surface area contributed by atoms with Gasteiger partial charge in [0.05, 0.1) is 23.7 Å². The molecule has 2 aromatic heterocycles. The van der Waals surface area contributed by atoms with Gasteiger partial charge in [-0.2, -0.15) is 0 Å². The third-order valence-electron chi connectivity index (χ3n) is 3.65. The molecular weight excluding hydrogens is 300 g/mol. The largest absolute Gasteiger partial charge is 0.369 e. The number of nitrogens with two attached hydrogens (primary N) is 1. The van der Waals surface area contributed by atoms with Gasteiger partial charge in [0.1, 0.15) is 0 Å². The van der Waals surface area contributed by atoms with Crippen molar-refractivity contribution in [2.75, 3.05) is 5.32 Å². The molecule has 2 heterocycles.